The summed E-state index contributed by atoms with van der Waals surface area (Å²) >= 11 is 0. The van der Waals surface area contributed by atoms with Crippen molar-refractivity contribution in [3.05, 3.63) is 23.6 Å². The Kier molecular flexibility index (Phi) is 5.17. The van der Waals surface area contributed by atoms with Gasteiger partial charge in [-0.2, -0.15) is 0 Å². The van der Waals surface area contributed by atoms with Crippen molar-refractivity contribution < 1.29 is 9.50 Å². The summed E-state index contributed by atoms with van der Waals surface area (Å²) in [5, 5.41) is 12.3. The highest BCUT2D eigenvalue weighted by molar-refractivity contribution is 5.44. The quantitative estimate of drug-likeness (QED) is 0.875. The third-order valence-electron chi connectivity index (χ3n) is 3.88. The van der Waals surface area contributed by atoms with Gasteiger partial charge in [0.25, 0.3) is 0 Å². The van der Waals surface area contributed by atoms with Crippen LogP contribution in [-0.2, 0) is 6.54 Å². The van der Waals surface area contributed by atoms with Gasteiger partial charge in [-0.3, -0.25) is 0 Å². The van der Waals surface area contributed by atoms with Crippen molar-refractivity contribution >= 4 is 5.82 Å². The number of aliphatic hydroxyl groups is 1. The summed E-state index contributed by atoms with van der Waals surface area (Å²) in [5.74, 6) is 0.662. The second kappa shape index (κ2) is 6.71. The van der Waals surface area contributed by atoms with Crippen LogP contribution < -0.4 is 10.2 Å². The highest BCUT2D eigenvalue weighted by Gasteiger charge is 2.26. The molecule has 0 aliphatic carbocycles. The molecule has 0 bridgehead atoms. The van der Waals surface area contributed by atoms with Crippen LogP contribution in [0, 0.1) is 11.7 Å². The van der Waals surface area contributed by atoms with Gasteiger partial charge in [-0.05, 0) is 45.6 Å². The molecule has 0 aromatic carbocycles. The lowest BCUT2D eigenvalue weighted by Crippen LogP contribution is -2.35. The molecule has 1 aromatic rings. The van der Waals surface area contributed by atoms with Crippen LogP contribution in [0.3, 0.4) is 0 Å². The van der Waals surface area contributed by atoms with Crippen LogP contribution in [0.4, 0.5) is 10.2 Å². The van der Waals surface area contributed by atoms with E-state index in [0.717, 1.165) is 25.9 Å². The van der Waals surface area contributed by atoms with E-state index < -0.39 is 0 Å². The molecule has 21 heavy (non-hydrogen) atoms. The Morgan fingerprint density at radius 1 is 1.48 bits per heavy atom. The maximum Gasteiger partial charge on any atom is 0.170 e. The SMILES string of the molecule is CC(C)(C)NCc1ccnc(N2CCC(CCO)C2)c1F. The van der Waals surface area contributed by atoms with E-state index in [1.165, 1.54) is 0 Å². The van der Waals surface area contributed by atoms with E-state index in [9.17, 15) is 4.39 Å². The molecule has 0 amide bonds. The molecule has 1 aromatic heterocycles. The van der Waals surface area contributed by atoms with Crippen LogP contribution in [0.2, 0.25) is 0 Å². The molecule has 0 saturated carbocycles. The van der Waals surface area contributed by atoms with E-state index in [0.29, 0.717) is 23.8 Å². The summed E-state index contributed by atoms with van der Waals surface area (Å²) in [7, 11) is 0. The molecule has 2 heterocycles. The molecule has 1 aliphatic rings. The summed E-state index contributed by atoms with van der Waals surface area (Å²) in [6, 6.07) is 1.73. The Hall–Kier alpha value is -1.20. The molecule has 1 aliphatic heterocycles. The topological polar surface area (TPSA) is 48.4 Å². The van der Waals surface area contributed by atoms with Crippen molar-refractivity contribution in [3.8, 4) is 0 Å². The number of rotatable bonds is 5. The van der Waals surface area contributed by atoms with Crippen LogP contribution in [0.1, 0.15) is 39.2 Å². The summed E-state index contributed by atoms with van der Waals surface area (Å²) < 4.78 is 14.6. The zero-order chi connectivity index (χ0) is 15.5. The average molecular weight is 295 g/mol. The number of pyridine rings is 1. The molecular formula is C16H26FN3O. The van der Waals surface area contributed by atoms with Crippen molar-refractivity contribution in [1.82, 2.24) is 10.3 Å². The van der Waals surface area contributed by atoms with Crippen LogP contribution in [-0.4, -0.2) is 35.3 Å². The number of hydrogen-bond donors (Lipinski definition) is 2. The van der Waals surface area contributed by atoms with Gasteiger partial charge in [0, 0.05) is 43.5 Å². The molecule has 5 heteroatoms. The van der Waals surface area contributed by atoms with Crippen molar-refractivity contribution in [2.24, 2.45) is 5.92 Å². The lowest BCUT2D eigenvalue weighted by Gasteiger charge is -2.22. The maximum atomic E-state index is 14.6. The molecular weight excluding hydrogens is 269 g/mol. The van der Waals surface area contributed by atoms with E-state index in [4.69, 9.17) is 5.11 Å². The lowest BCUT2D eigenvalue weighted by molar-refractivity contribution is 0.263. The smallest absolute Gasteiger partial charge is 0.170 e. The largest absolute Gasteiger partial charge is 0.396 e. The first-order valence-electron chi connectivity index (χ1n) is 7.65. The lowest BCUT2D eigenvalue weighted by atomic mass is 10.1. The van der Waals surface area contributed by atoms with Crippen molar-refractivity contribution in [1.29, 1.82) is 0 Å². The molecule has 1 saturated heterocycles. The average Bonchev–Trinajstić information content (AvgIpc) is 2.85. The van der Waals surface area contributed by atoms with Gasteiger partial charge in [0.05, 0.1) is 0 Å². The minimum absolute atomic E-state index is 0.0459. The molecule has 1 unspecified atom stereocenters. The number of aliphatic hydroxyl groups excluding tert-OH is 1. The molecule has 1 fully saturated rings. The third kappa shape index (κ3) is 4.38. The zero-order valence-electron chi connectivity index (χ0n) is 13.2. The number of halogens is 1. The first-order valence-corrected chi connectivity index (χ1v) is 7.65. The van der Waals surface area contributed by atoms with Crippen LogP contribution in [0.25, 0.3) is 0 Å². The standard InChI is InChI=1S/C16H26FN3O/c1-16(2,3)19-10-13-4-7-18-15(14(13)17)20-8-5-12(11-20)6-9-21/h4,7,12,19,21H,5-6,8-11H2,1-3H3. The third-order valence-corrected chi connectivity index (χ3v) is 3.88. The second-order valence-electron chi connectivity index (χ2n) is 6.82. The second-order valence-corrected chi connectivity index (χ2v) is 6.82. The fourth-order valence-corrected chi connectivity index (χ4v) is 2.63. The fraction of sp³-hybridized carbons (Fsp3) is 0.688. The van der Waals surface area contributed by atoms with Gasteiger partial charge in [0.1, 0.15) is 0 Å². The van der Waals surface area contributed by atoms with E-state index in [-0.39, 0.29) is 18.0 Å². The number of nitrogens with one attached hydrogen (secondary N) is 1. The molecule has 0 spiro atoms. The number of hydrogen-bond acceptors (Lipinski definition) is 4. The van der Waals surface area contributed by atoms with Crippen molar-refractivity contribution in [3.63, 3.8) is 0 Å². The predicted octanol–water partition coefficient (Wildman–Crippen LogP) is 2.32. The Morgan fingerprint density at radius 2 is 2.24 bits per heavy atom. The zero-order valence-corrected chi connectivity index (χ0v) is 13.2. The summed E-state index contributed by atoms with van der Waals surface area (Å²) in [6.07, 6.45) is 3.45. The first kappa shape index (κ1) is 16.2. The molecule has 1 atom stereocenters. The fourth-order valence-electron chi connectivity index (χ4n) is 2.63. The Morgan fingerprint density at radius 3 is 2.90 bits per heavy atom. The van der Waals surface area contributed by atoms with Gasteiger partial charge in [-0.25, -0.2) is 9.37 Å². The van der Waals surface area contributed by atoms with Gasteiger partial charge >= 0.3 is 0 Å². The van der Waals surface area contributed by atoms with Gasteiger partial charge < -0.3 is 15.3 Å². The predicted molar refractivity (Wildman–Crippen MR) is 82.8 cm³/mol. The first-order chi connectivity index (χ1) is 9.90. The summed E-state index contributed by atoms with van der Waals surface area (Å²) in [4.78, 5) is 6.22. The van der Waals surface area contributed by atoms with E-state index >= 15 is 0 Å². The van der Waals surface area contributed by atoms with Gasteiger partial charge in [-0.15, -0.1) is 0 Å². The molecule has 118 valence electrons. The molecule has 0 radical (unpaired) electrons. The van der Waals surface area contributed by atoms with Crippen LogP contribution in [0.5, 0.6) is 0 Å². The van der Waals surface area contributed by atoms with E-state index in [1.54, 1.807) is 12.3 Å². The Bertz CT molecular complexity index is 473. The van der Waals surface area contributed by atoms with Gasteiger partial charge in [-0.1, -0.05) is 0 Å². The van der Waals surface area contributed by atoms with Crippen LogP contribution >= 0.6 is 0 Å². The van der Waals surface area contributed by atoms with Crippen molar-refractivity contribution in [2.75, 3.05) is 24.6 Å². The van der Waals surface area contributed by atoms with E-state index in [1.807, 2.05) is 4.90 Å². The number of aromatic nitrogens is 1. The maximum absolute atomic E-state index is 14.6. The normalized spacial score (nSPS) is 19.3. The minimum Gasteiger partial charge on any atom is -0.396 e. The Labute approximate surface area is 126 Å². The minimum atomic E-state index is -0.223. The number of nitrogens with zero attached hydrogens (tertiary/aromatic N) is 2. The molecule has 2 N–H and O–H groups in total. The summed E-state index contributed by atoms with van der Waals surface area (Å²) in [5.41, 5.74) is 0.607. The Balaban J connectivity index is 2.07. The van der Waals surface area contributed by atoms with E-state index in [2.05, 4.69) is 31.1 Å². The van der Waals surface area contributed by atoms with Crippen LogP contribution in [0.15, 0.2) is 12.3 Å². The number of anilines is 1. The highest BCUT2D eigenvalue weighted by atomic mass is 19.1. The monoisotopic (exact) mass is 295 g/mol. The van der Waals surface area contributed by atoms with Gasteiger partial charge in [0.15, 0.2) is 11.6 Å². The molecule has 4 nitrogen and oxygen atoms in total. The van der Waals surface area contributed by atoms with Gasteiger partial charge in [0.2, 0.25) is 0 Å². The summed E-state index contributed by atoms with van der Waals surface area (Å²) in [6.45, 7) is 8.47. The highest BCUT2D eigenvalue weighted by Crippen LogP contribution is 2.27. The van der Waals surface area contributed by atoms with Crippen molar-refractivity contribution in [2.45, 2.75) is 45.7 Å². The molecule has 2 rings (SSSR count).